The molecular weight excluding hydrogens is 424 g/mol. The monoisotopic (exact) mass is 468 g/mol. The first-order valence-electron chi connectivity index (χ1n) is 11.7. The molecule has 2 rings (SSSR count). The summed E-state index contributed by atoms with van der Waals surface area (Å²) in [5.74, 6) is 0. The molecule has 0 aromatic heterocycles. The largest absolute Gasteiger partial charge is 0.415 e. The molecule has 0 amide bonds. The zero-order valence-electron chi connectivity index (χ0n) is 22.1. The van der Waals surface area contributed by atoms with Crippen LogP contribution in [0.15, 0.2) is 55.1 Å². The maximum absolute atomic E-state index is 6.44. The molecule has 0 saturated heterocycles. The summed E-state index contributed by atoms with van der Waals surface area (Å²) in [6.07, 6.45) is 0. The fourth-order valence-corrected chi connectivity index (χ4v) is 5.21. The minimum Gasteiger partial charge on any atom is -0.415 e. The summed E-state index contributed by atoms with van der Waals surface area (Å²) in [4.78, 5) is 0. The average molecular weight is 469 g/mol. The van der Waals surface area contributed by atoms with Crippen LogP contribution in [0.4, 0.5) is 0 Å². The summed E-state index contributed by atoms with van der Waals surface area (Å²) in [5.41, 5.74) is 5.10. The van der Waals surface area contributed by atoms with Crippen LogP contribution in [-0.2, 0) is 20.1 Å². The Morgan fingerprint density at radius 1 is 0.625 bits per heavy atom. The van der Waals surface area contributed by atoms with E-state index in [-0.39, 0.29) is 21.3 Å². The van der Waals surface area contributed by atoms with Gasteiger partial charge in [-0.2, -0.15) is 0 Å². The lowest BCUT2D eigenvalue weighted by Gasteiger charge is -2.31. The molecule has 0 spiro atoms. The van der Waals surface area contributed by atoms with E-state index in [2.05, 4.69) is 124 Å². The molecule has 32 heavy (non-hydrogen) atoms. The highest BCUT2D eigenvalue weighted by atomic mass is 28.2. The average Bonchev–Trinajstić information content (AvgIpc) is 2.70. The van der Waals surface area contributed by atoms with Crippen molar-refractivity contribution in [2.75, 3.05) is 0 Å². The van der Waals surface area contributed by atoms with Crippen LogP contribution < -0.4 is 0 Å². The lowest BCUT2D eigenvalue weighted by Crippen LogP contribution is -2.27. The Bertz CT molecular complexity index is 855. The van der Waals surface area contributed by atoms with E-state index in [0.717, 1.165) is 16.7 Å². The molecule has 2 aromatic rings. The highest BCUT2D eigenvalue weighted by molar-refractivity contribution is 6.32. The van der Waals surface area contributed by atoms with Crippen molar-refractivity contribution >= 4 is 25.1 Å². The number of hydrogen-bond acceptors (Lipinski definition) is 2. The van der Waals surface area contributed by atoms with Crippen LogP contribution in [0.1, 0.15) is 91.5 Å². The van der Waals surface area contributed by atoms with Crippen LogP contribution in [0.2, 0.25) is 10.1 Å². The maximum Gasteiger partial charge on any atom is 0.168 e. The van der Waals surface area contributed by atoms with Crippen molar-refractivity contribution < 1.29 is 8.85 Å². The number of hydrogen-bond donors (Lipinski definition) is 0. The highest BCUT2D eigenvalue weighted by Gasteiger charge is 2.26. The van der Waals surface area contributed by atoms with Crippen molar-refractivity contribution in [3.8, 4) is 0 Å². The second-order valence-electron chi connectivity index (χ2n) is 12.4. The Morgan fingerprint density at radius 3 is 1.28 bits per heavy atom. The summed E-state index contributed by atoms with van der Waals surface area (Å²) < 4.78 is 12.9. The van der Waals surface area contributed by atoms with Crippen LogP contribution in [0.5, 0.6) is 0 Å². The van der Waals surface area contributed by atoms with Gasteiger partial charge in [-0.3, -0.25) is 0 Å². The fraction of sp³-hybridized carbons (Fsp3) is 0.500. The summed E-state index contributed by atoms with van der Waals surface area (Å²) >= 11 is 0. The molecule has 2 aromatic carbocycles. The van der Waals surface area contributed by atoms with E-state index in [9.17, 15) is 0 Å². The van der Waals surface area contributed by atoms with Crippen LogP contribution in [0, 0.1) is 0 Å². The summed E-state index contributed by atoms with van der Waals surface area (Å²) in [5, 5.41) is 0.535. The van der Waals surface area contributed by atoms with Gasteiger partial charge in [-0.25, -0.2) is 0 Å². The maximum atomic E-state index is 6.44. The Morgan fingerprint density at radius 2 is 0.969 bits per heavy atom. The van der Waals surface area contributed by atoms with Gasteiger partial charge in [-0.05, 0) is 77.7 Å². The van der Waals surface area contributed by atoms with Gasteiger partial charge in [0.2, 0.25) is 0 Å². The lowest BCUT2D eigenvalue weighted by molar-refractivity contribution is 0.109. The molecule has 0 atom stereocenters. The number of benzene rings is 2. The topological polar surface area (TPSA) is 18.5 Å². The third kappa shape index (κ3) is 7.84. The standard InChI is InChI=1S/C28H44O2Si2/c1-20(21-14-12-16-23(18-21)27(8,9)29-31-25(2,3)4)22-15-13-17-24(19-22)28(10,11)30-32-26(5,6)7/h12-19H,1,31-32H2,2-11H3. The molecule has 0 fully saturated rings. The van der Waals surface area contributed by atoms with Crippen molar-refractivity contribution in [1.82, 2.24) is 0 Å². The molecule has 0 bridgehead atoms. The Kier molecular flexibility index (Phi) is 8.20. The second-order valence-corrected chi connectivity index (χ2v) is 17.8. The van der Waals surface area contributed by atoms with E-state index in [1.54, 1.807) is 0 Å². The zero-order chi connectivity index (χ0) is 24.4. The van der Waals surface area contributed by atoms with E-state index >= 15 is 0 Å². The Balaban J connectivity index is 2.27. The molecule has 4 heteroatoms. The summed E-state index contributed by atoms with van der Waals surface area (Å²) in [6, 6.07) is 17.3. The van der Waals surface area contributed by atoms with Crippen LogP contribution in [0.3, 0.4) is 0 Å². The van der Waals surface area contributed by atoms with E-state index < -0.39 is 19.5 Å². The first-order chi connectivity index (χ1) is 14.5. The molecule has 0 aliphatic heterocycles. The fourth-order valence-electron chi connectivity index (χ4n) is 3.29. The van der Waals surface area contributed by atoms with E-state index in [4.69, 9.17) is 8.85 Å². The Hall–Kier alpha value is -1.47. The van der Waals surface area contributed by atoms with Crippen LogP contribution in [0.25, 0.3) is 5.57 Å². The highest BCUT2D eigenvalue weighted by Crippen LogP contribution is 2.34. The third-order valence-electron chi connectivity index (χ3n) is 5.54. The van der Waals surface area contributed by atoms with Crippen LogP contribution in [-0.4, -0.2) is 19.5 Å². The Labute approximate surface area is 201 Å². The first kappa shape index (κ1) is 26.8. The van der Waals surface area contributed by atoms with Crippen molar-refractivity contribution in [3.05, 3.63) is 77.4 Å². The van der Waals surface area contributed by atoms with E-state index in [1.165, 1.54) is 11.1 Å². The molecule has 0 aliphatic carbocycles. The molecule has 2 nitrogen and oxygen atoms in total. The van der Waals surface area contributed by atoms with Gasteiger partial charge in [0.05, 0.1) is 11.2 Å². The first-order valence-corrected chi connectivity index (χ1v) is 14.3. The minimum absolute atomic E-state index is 0.267. The lowest BCUT2D eigenvalue weighted by atomic mass is 9.90. The SMILES string of the molecule is C=C(c1cccc(C(C)(C)O[SiH2]C(C)(C)C)c1)c1cccc(C(C)(C)O[SiH2]C(C)(C)C)c1. The summed E-state index contributed by atoms with van der Waals surface area (Å²) in [7, 11) is -1.30. The van der Waals surface area contributed by atoms with Crippen molar-refractivity contribution in [3.63, 3.8) is 0 Å². The predicted molar refractivity (Wildman–Crippen MR) is 146 cm³/mol. The molecule has 0 radical (unpaired) electrons. The van der Waals surface area contributed by atoms with Gasteiger partial charge in [0, 0.05) is 0 Å². The van der Waals surface area contributed by atoms with Crippen molar-refractivity contribution in [2.24, 2.45) is 0 Å². The van der Waals surface area contributed by atoms with Gasteiger partial charge in [-0.15, -0.1) is 0 Å². The van der Waals surface area contributed by atoms with Crippen molar-refractivity contribution in [1.29, 1.82) is 0 Å². The van der Waals surface area contributed by atoms with E-state index in [0.29, 0.717) is 0 Å². The van der Waals surface area contributed by atoms with Gasteiger partial charge in [0.25, 0.3) is 0 Å². The molecular formula is C28H44O2Si2. The molecule has 0 saturated carbocycles. The quantitative estimate of drug-likeness (QED) is 0.394. The van der Waals surface area contributed by atoms with Gasteiger partial charge in [0.1, 0.15) is 0 Å². The predicted octanol–water partition coefficient (Wildman–Crippen LogP) is 6.86. The molecule has 176 valence electrons. The molecule has 0 unspecified atom stereocenters. The van der Waals surface area contributed by atoms with Gasteiger partial charge >= 0.3 is 0 Å². The normalized spacial score (nSPS) is 14.1. The van der Waals surface area contributed by atoms with Crippen molar-refractivity contribution in [2.45, 2.75) is 90.5 Å². The zero-order valence-corrected chi connectivity index (χ0v) is 24.9. The molecule has 0 N–H and O–H groups in total. The van der Waals surface area contributed by atoms with Crippen LogP contribution >= 0.6 is 0 Å². The van der Waals surface area contributed by atoms with Gasteiger partial charge in [0.15, 0.2) is 19.5 Å². The van der Waals surface area contributed by atoms with Gasteiger partial charge < -0.3 is 8.85 Å². The third-order valence-corrected chi connectivity index (χ3v) is 9.01. The molecule has 0 heterocycles. The minimum atomic E-state index is -0.650. The number of rotatable bonds is 8. The molecule has 0 aliphatic rings. The summed E-state index contributed by atoms with van der Waals surface area (Å²) in [6.45, 7) is 26.7. The van der Waals surface area contributed by atoms with Gasteiger partial charge in [-0.1, -0.05) is 84.5 Å². The smallest absolute Gasteiger partial charge is 0.168 e. The van der Waals surface area contributed by atoms with E-state index in [1.807, 2.05) is 0 Å². The second kappa shape index (κ2) is 9.80.